The Morgan fingerprint density at radius 1 is 1.33 bits per heavy atom. The van der Waals surface area contributed by atoms with Gasteiger partial charge in [0.05, 0.1) is 0 Å². The van der Waals surface area contributed by atoms with Crippen LogP contribution in [-0.4, -0.2) is 0 Å². The predicted octanol–water partition coefficient (Wildman–Crippen LogP) is 3.33. The van der Waals surface area contributed by atoms with Crippen molar-refractivity contribution >= 4 is 0 Å². The average molecular weight is 160 g/mol. The second kappa shape index (κ2) is 3.30. The van der Waals surface area contributed by atoms with Crippen LogP contribution in [0.3, 0.4) is 0 Å². The third-order valence-corrected chi connectivity index (χ3v) is 2.91. The Labute approximate surface area is 74.7 Å². The Hall–Kier alpha value is -0.780. The maximum atomic E-state index is 2.37. The lowest BCUT2D eigenvalue weighted by Crippen LogP contribution is -2.00. The molecule has 2 aliphatic carbocycles. The van der Waals surface area contributed by atoms with Crippen molar-refractivity contribution in [1.82, 2.24) is 0 Å². The van der Waals surface area contributed by atoms with Gasteiger partial charge < -0.3 is 0 Å². The van der Waals surface area contributed by atoms with Crippen molar-refractivity contribution in [1.29, 1.82) is 0 Å². The fourth-order valence-corrected chi connectivity index (χ4v) is 2.08. The van der Waals surface area contributed by atoms with Crippen molar-refractivity contribution in [3.05, 3.63) is 36.5 Å². The van der Waals surface area contributed by atoms with E-state index < -0.39 is 0 Å². The molecule has 3 atom stereocenters. The molecular weight excluding hydrogens is 144 g/mol. The minimum absolute atomic E-state index is 0.736. The third-order valence-electron chi connectivity index (χ3n) is 2.91. The lowest BCUT2D eigenvalue weighted by atomic mass is 9.95. The van der Waals surface area contributed by atoms with E-state index in [2.05, 4.69) is 43.4 Å². The van der Waals surface area contributed by atoms with Gasteiger partial charge in [0.1, 0.15) is 0 Å². The Morgan fingerprint density at radius 2 is 2.25 bits per heavy atom. The summed E-state index contributed by atoms with van der Waals surface area (Å²) in [6.07, 6.45) is 16.2. The summed E-state index contributed by atoms with van der Waals surface area (Å²) in [5, 5.41) is 0. The SMILES string of the molecule is C/C=C/C=C/C1C=CCC2CC12. The minimum Gasteiger partial charge on any atom is -0.0877 e. The van der Waals surface area contributed by atoms with E-state index in [0.29, 0.717) is 0 Å². The molecule has 0 nitrogen and oxygen atoms in total. The van der Waals surface area contributed by atoms with Gasteiger partial charge in [-0.1, -0.05) is 36.5 Å². The van der Waals surface area contributed by atoms with Gasteiger partial charge in [0.15, 0.2) is 0 Å². The van der Waals surface area contributed by atoms with Crippen molar-refractivity contribution in [2.75, 3.05) is 0 Å². The van der Waals surface area contributed by atoms with E-state index >= 15 is 0 Å². The van der Waals surface area contributed by atoms with Crippen LogP contribution < -0.4 is 0 Å². The Balaban J connectivity index is 1.95. The van der Waals surface area contributed by atoms with E-state index in [4.69, 9.17) is 0 Å². The second-order valence-electron chi connectivity index (χ2n) is 3.81. The van der Waals surface area contributed by atoms with Crippen LogP contribution in [-0.2, 0) is 0 Å². The largest absolute Gasteiger partial charge is 0.0877 e. The maximum absolute atomic E-state index is 2.37. The van der Waals surface area contributed by atoms with Crippen molar-refractivity contribution in [3.8, 4) is 0 Å². The molecule has 0 amide bonds. The first-order valence-electron chi connectivity index (χ1n) is 4.88. The molecule has 0 aromatic rings. The summed E-state index contributed by atoms with van der Waals surface area (Å²) < 4.78 is 0. The highest BCUT2D eigenvalue weighted by Gasteiger charge is 2.41. The molecule has 1 fully saturated rings. The number of rotatable bonds is 2. The number of hydrogen-bond acceptors (Lipinski definition) is 0. The quantitative estimate of drug-likeness (QED) is 0.429. The molecule has 0 aromatic carbocycles. The van der Waals surface area contributed by atoms with Crippen molar-refractivity contribution < 1.29 is 0 Å². The highest BCUT2D eigenvalue weighted by atomic mass is 14.5. The van der Waals surface area contributed by atoms with Gasteiger partial charge in [-0.05, 0) is 37.5 Å². The molecule has 0 heterocycles. The molecule has 12 heavy (non-hydrogen) atoms. The first kappa shape index (κ1) is 7.85. The molecule has 0 bridgehead atoms. The minimum atomic E-state index is 0.736. The topological polar surface area (TPSA) is 0 Å². The zero-order chi connectivity index (χ0) is 8.39. The second-order valence-corrected chi connectivity index (χ2v) is 3.81. The molecule has 0 N–H and O–H groups in total. The van der Waals surface area contributed by atoms with Gasteiger partial charge >= 0.3 is 0 Å². The number of allylic oxidation sites excluding steroid dienone is 6. The normalized spacial score (nSPS) is 39.2. The summed E-state index contributed by atoms with van der Waals surface area (Å²) in [5.74, 6) is 2.74. The zero-order valence-corrected chi connectivity index (χ0v) is 7.61. The summed E-state index contributed by atoms with van der Waals surface area (Å²) in [7, 11) is 0. The maximum Gasteiger partial charge on any atom is -0.00192 e. The van der Waals surface area contributed by atoms with Crippen LogP contribution in [0.25, 0.3) is 0 Å². The van der Waals surface area contributed by atoms with E-state index in [0.717, 1.165) is 17.8 Å². The van der Waals surface area contributed by atoms with Crippen LogP contribution in [0, 0.1) is 17.8 Å². The summed E-state index contributed by atoms with van der Waals surface area (Å²) >= 11 is 0. The zero-order valence-electron chi connectivity index (χ0n) is 7.61. The highest BCUT2D eigenvalue weighted by molar-refractivity contribution is 5.17. The summed E-state index contributed by atoms with van der Waals surface area (Å²) in [4.78, 5) is 0. The van der Waals surface area contributed by atoms with Crippen molar-refractivity contribution in [3.63, 3.8) is 0 Å². The van der Waals surface area contributed by atoms with E-state index in [1.54, 1.807) is 0 Å². The predicted molar refractivity (Wildman–Crippen MR) is 52.8 cm³/mol. The lowest BCUT2D eigenvalue weighted by Gasteiger charge is -2.10. The van der Waals surface area contributed by atoms with Crippen LogP contribution in [0.15, 0.2) is 36.5 Å². The van der Waals surface area contributed by atoms with Gasteiger partial charge in [0.2, 0.25) is 0 Å². The van der Waals surface area contributed by atoms with E-state index in [9.17, 15) is 0 Å². The fourth-order valence-electron chi connectivity index (χ4n) is 2.08. The van der Waals surface area contributed by atoms with Crippen LogP contribution in [0.4, 0.5) is 0 Å². The first-order chi connectivity index (χ1) is 5.92. The van der Waals surface area contributed by atoms with E-state index in [1.807, 2.05) is 0 Å². The molecule has 3 unspecified atom stereocenters. The number of fused-ring (bicyclic) bond motifs is 1. The monoisotopic (exact) mass is 160 g/mol. The van der Waals surface area contributed by atoms with Crippen LogP contribution in [0.1, 0.15) is 19.8 Å². The smallest absolute Gasteiger partial charge is 0.00192 e. The van der Waals surface area contributed by atoms with Gasteiger partial charge in [0.25, 0.3) is 0 Å². The van der Waals surface area contributed by atoms with Gasteiger partial charge in [-0.3, -0.25) is 0 Å². The molecule has 64 valence electrons. The van der Waals surface area contributed by atoms with E-state index in [-0.39, 0.29) is 0 Å². The molecule has 0 spiro atoms. The Bertz CT molecular complexity index is 232. The molecule has 2 aliphatic rings. The van der Waals surface area contributed by atoms with E-state index in [1.165, 1.54) is 12.8 Å². The van der Waals surface area contributed by atoms with Gasteiger partial charge in [-0.15, -0.1) is 0 Å². The van der Waals surface area contributed by atoms with Crippen LogP contribution in [0.5, 0.6) is 0 Å². The first-order valence-corrected chi connectivity index (χ1v) is 4.88. The van der Waals surface area contributed by atoms with Gasteiger partial charge in [-0.2, -0.15) is 0 Å². The van der Waals surface area contributed by atoms with Crippen LogP contribution in [0.2, 0.25) is 0 Å². The molecule has 1 saturated carbocycles. The lowest BCUT2D eigenvalue weighted by molar-refractivity contribution is 0.592. The molecule has 0 aliphatic heterocycles. The molecule has 0 aromatic heterocycles. The third kappa shape index (κ3) is 1.52. The van der Waals surface area contributed by atoms with Crippen LogP contribution >= 0.6 is 0 Å². The molecule has 2 rings (SSSR count). The molecular formula is C12H16. The molecule has 0 saturated heterocycles. The summed E-state index contributed by atoms with van der Waals surface area (Å²) in [6.45, 7) is 2.06. The average Bonchev–Trinajstić information content (AvgIpc) is 2.84. The number of hydrogen-bond donors (Lipinski definition) is 0. The van der Waals surface area contributed by atoms with Crippen molar-refractivity contribution in [2.45, 2.75) is 19.8 Å². The molecule has 0 radical (unpaired) electrons. The fraction of sp³-hybridized carbons (Fsp3) is 0.500. The summed E-state index contributed by atoms with van der Waals surface area (Å²) in [5.41, 5.74) is 0. The Morgan fingerprint density at radius 3 is 3.08 bits per heavy atom. The van der Waals surface area contributed by atoms with Gasteiger partial charge in [0, 0.05) is 0 Å². The standard InChI is InChI=1S/C12H16/c1-2-3-4-6-10-7-5-8-11-9-12(10)11/h2-7,10-12H,8-9H2,1H3/b3-2+,6-4+. The van der Waals surface area contributed by atoms with Gasteiger partial charge in [-0.25, -0.2) is 0 Å². The van der Waals surface area contributed by atoms with Crippen molar-refractivity contribution in [2.24, 2.45) is 17.8 Å². The molecule has 0 heteroatoms. The Kier molecular flexibility index (Phi) is 2.16. The highest BCUT2D eigenvalue weighted by Crippen LogP contribution is 2.50. The summed E-state index contributed by atoms with van der Waals surface area (Å²) in [6, 6.07) is 0.